The number of quaternary nitrogens is 1. The number of fused-ring (bicyclic) bond motifs is 6. The molecule has 9 rings (SSSR count). The molecule has 0 saturated heterocycles. The van der Waals surface area contributed by atoms with E-state index in [-0.39, 0.29) is 18.0 Å². The topological polar surface area (TPSA) is 46.3 Å². The van der Waals surface area contributed by atoms with Gasteiger partial charge in [-0.25, -0.2) is 4.99 Å². The van der Waals surface area contributed by atoms with Gasteiger partial charge < -0.3 is 4.57 Å². The molecule has 0 bridgehead atoms. The highest BCUT2D eigenvalue weighted by atomic mass is 32.1. The molecule has 0 amide bonds. The SMILES string of the molecule is CC1C(n2c3ccccc3c3cc4sc5ccccc5c4cc32)=CC=CC1C1=NC(c2ccccc2)[NH2+]C(c2ccccc2)=N1. The fourth-order valence-electron chi connectivity index (χ4n) is 7.10. The van der Waals surface area contributed by atoms with Gasteiger partial charge in [-0.3, -0.25) is 5.32 Å². The maximum absolute atomic E-state index is 5.30. The largest absolute Gasteiger partial charge is 0.313 e. The number of benzene rings is 5. The molecule has 45 heavy (non-hydrogen) atoms. The van der Waals surface area contributed by atoms with Gasteiger partial charge in [-0.05, 0) is 42.5 Å². The minimum Gasteiger partial charge on any atom is -0.313 e. The van der Waals surface area contributed by atoms with Crippen LogP contribution in [0.1, 0.15) is 24.2 Å². The van der Waals surface area contributed by atoms with Gasteiger partial charge in [0.1, 0.15) is 5.84 Å². The minimum absolute atomic E-state index is 0.0329. The second kappa shape index (κ2) is 10.5. The Kier molecular flexibility index (Phi) is 6.15. The summed E-state index contributed by atoms with van der Waals surface area (Å²) in [5.41, 5.74) is 6.03. The van der Waals surface area contributed by atoms with Crippen molar-refractivity contribution in [2.75, 3.05) is 0 Å². The second-order valence-corrected chi connectivity index (χ2v) is 13.1. The van der Waals surface area contributed by atoms with Gasteiger partial charge >= 0.3 is 0 Å². The molecular formula is C40H31N4S+. The van der Waals surface area contributed by atoms with Crippen molar-refractivity contribution in [1.82, 2.24) is 4.57 Å². The Morgan fingerprint density at radius 3 is 2.27 bits per heavy atom. The van der Waals surface area contributed by atoms with Crippen LogP contribution < -0.4 is 5.32 Å². The Bertz CT molecular complexity index is 2370. The van der Waals surface area contributed by atoms with E-state index in [1.165, 1.54) is 53.2 Å². The highest BCUT2D eigenvalue weighted by Gasteiger charge is 2.33. The summed E-state index contributed by atoms with van der Waals surface area (Å²) in [4.78, 5) is 10.5. The van der Waals surface area contributed by atoms with Crippen molar-refractivity contribution in [3.63, 3.8) is 0 Å². The quantitative estimate of drug-likeness (QED) is 0.210. The molecule has 7 aromatic rings. The summed E-state index contributed by atoms with van der Waals surface area (Å²) in [6.07, 6.45) is 6.69. The summed E-state index contributed by atoms with van der Waals surface area (Å²) in [5, 5.41) is 7.41. The van der Waals surface area contributed by atoms with Gasteiger partial charge in [0.25, 0.3) is 0 Å². The molecule has 0 spiro atoms. The summed E-state index contributed by atoms with van der Waals surface area (Å²) < 4.78 is 5.15. The average molecular weight is 600 g/mol. The van der Waals surface area contributed by atoms with Crippen molar-refractivity contribution in [2.45, 2.75) is 13.1 Å². The molecule has 216 valence electrons. The van der Waals surface area contributed by atoms with Gasteiger partial charge in [-0.1, -0.05) is 104 Å². The number of aliphatic imine (C=N–C) groups is 2. The van der Waals surface area contributed by atoms with E-state index in [2.05, 4.69) is 156 Å². The van der Waals surface area contributed by atoms with Gasteiger partial charge in [0.2, 0.25) is 12.0 Å². The zero-order valence-electron chi connectivity index (χ0n) is 24.8. The Morgan fingerprint density at radius 2 is 1.42 bits per heavy atom. The van der Waals surface area contributed by atoms with Gasteiger partial charge in [0, 0.05) is 54.0 Å². The molecule has 2 aromatic heterocycles. The van der Waals surface area contributed by atoms with Crippen LogP contribution in [0.3, 0.4) is 0 Å². The molecule has 3 heterocycles. The number of hydrogen-bond acceptors (Lipinski definition) is 3. The van der Waals surface area contributed by atoms with E-state index in [9.17, 15) is 0 Å². The van der Waals surface area contributed by atoms with Crippen molar-refractivity contribution in [3.05, 3.63) is 151 Å². The lowest BCUT2D eigenvalue weighted by Gasteiger charge is -2.30. The summed E-state index contributed by atoms with van der Waals surface area (Å²) in [6.45, 7) is 2.33. The predicted octanol–water partition coefficient (Wildman–Crippen LogP) is 8.95. The molecule has 3 unspecified atom stereocenters. The maximum atomic E-state index is 5.30. The highest BCUT2D eigenvalue weighted by Crippen LogP contribution is 2.43. The molecule has 2 N–H and O–H groups in total. The Balaban J connectivity index is 1.20. The van der Waals surface area contributed by atoms with Crippen molar-refractivity contribution in [2.24, 2.45) is 21.8 Å². The number of nitrogens with zero attached hydrogens (tertiary/aromatic N) is 3. The van der Waals surface area contributed by atoms with Crippen molar-refractivity contribution >= 4 is 70.7 Å². The average Bonchev–Trinajstić information content (AvgIpc) is 3.63. The van der Waals surface area contributed by atoms with Crippen LogP contribution in [0, 0.1) is 11.8 Å². The molecule has 5 aromatic carbocycles. The summed E-state index contributed by atoms with van der Waals surface area (Å²) in [6, 6.07) is 43.4. The number of thiophene rings is 1. The van der Waals surface area contributed by atoms with Crippen LogP contribution in [0.4, 0.5) is 0 Å². The van der Waals surface area contributed by atoms with Crippen molar-refractivity contribution < 1.29 is 5.32 Å². The lowest BCUT2D eigenvalue weighted by Crippen LogP contribution is -2.90. The zero-order valence-corrected chi connectivity index (χ0v) is 25.7. The Morgan fingerprint density at radius 1 is 0.689 bits per heavy atom. The molecule has 4 nitrogen and oxygen atoms in total. The van der Waals surface area contributed by atoms with E-state index in [1.54, 1.807) is 0 Å². The molecule has 0 saturated carbocycles. The van der Waals surface area contributed by atoms with E-state index < -0.39 is 0 Å². The number of nitrogens with two attached hydrogens (primary N) is 1. The van der Waals surface area contributed by atoms with Crippen LogP contribution in [-0.2, 0) is 0 Å². The third-order valence-corrected chi connectivity index (χ3v) is 10.5. The lowest BCUT2D eigenvalue weighted by molar-refractivity contribution is -0.586. The molecule has 1 aliphatic carbocycles. The first-order valence-electron chi connectivity index (χ1n) is 15.6. The van der Waals surface area contributed by atoms with E-state index in [0.29, 0.717) is 0 Å². The Hall–Kier alpha value is -5.10. The fourth-order valence-corrected chi connectivity index (χ4v) is 8.23. The van der Waals surface area contributed by atoms with Crippen LogP contribution in [0.5, 0.6) is 0 Å². The van der Waals surface area contributed by atoms with E-state index >= 15 is 0 Å². The molecule has 3 atom stereocenters. The molecule has 5 heteroatoms. The first-order chi connectivity index (χ1) is 22.2. The van der Waals surface area contributed by atoms with Crippen LogP contribution >= 0.6 is 11.3 Å². The van der Waals surface area contributed by atoms with Gasteiger partial charge in [0.05, 0.1) is 16.6 Å². The number of hydrogen-bond donors (Lipinski definition) is 1. The first-order valence-corrected chi connectivity index (χ1v) is 16.4. The monoisotopic (exact) mass is 599 g/mol. The maximum Gasteiger partial charge on any atom is 0.235 e. The van der Waals surface area contributed by atoms with Crippen LogP contribution in [0.15, 0.2) is 150 Å². The van der Waals surface area contributed by atoms with Gasteiger partial charge in [-0.15, -0.1) is 11.3 Å². The van der Waals surface area contributed by atoms with Crippen LogP contribution in [0.2, 0.25) is 0 Å². The second-order valence-electron chi connectivity index (χ2n) is 12.0. The van der Waals surface area contributed by atoms with Crippen molar-refractivity contribution in [3.8, 4) is 0 Å². The summed E-state index contributed by atoms with van der Waals surface area (Å²) in [7, 11) is 0. The Labute approximate surface area is 265 Å². The van der Waals surface area contributed by atoms with Crippen LogP contribution in [-0.4, -0.2) is 16.2 Å². The summed E-state index contributed by atoms with van der Waals surface area (Å²) >= 11 is 1.88. The number of para-hydroxylation sites is 1. The molecule has 0 radical (unpaired) electrons. The van der Waals surface area contributed by atoms with E-state index in [0.717, 1.165) is 17.2 Å². The number of allylic oxidation sites excluding steroid dienone is 3. The molecular weight excluding hydrogens is 569 g/mol. The van der Waals surface area contributed by atoms with Crippen molar-refractivity contribution in [1.29, 1.82) is 0 Å². The number of aromatic nitrogens is 1. The smallest absolute Gasteiger partial charge is 0.235 e. The molecule has 2 aliphatic rings. The third-order valence-electron chi connectivity index (χ3n) is 9.35. The van der Waals surface area contributed by atoms with E-state index in [1.807, 2.05) is 11.3 Å². The normalized spacial score (nSPS) is 20.1. The van der Waals surface area contributed by atoms with E-state index in [4.69, 9.17) is 9.98 Å². The number of rotatable bonds is 4. The highest BCUT2D eigenvalue weighted by molar-refractivity contribution is 7.25. The first kappa shape index (κ1) is 26.3. The van der Waals surface area contributed by atoms with Crippen LogP contribution in [0.25, 0.3) is 47.7 Å². The fraction of sp³-hybridized carbons (Fsp3) is 0.100. The number of amidine groups is 2. The minimum atomic E-state index is -0.0859. The third kappa shape index (κ3) is 4.31. The van der Waals surface area contributed by atoms with Gasteiger partial charge in [-0.2, -0.15) is 4.99 Å². The molecule has 0 fully saturated rings. The zero-order chi connectivity index (χ0) is 29.9. The standard InChI is InChI=1S/C40H30N4S/c1-25-28(40-42-38(26-13-4-2-5-14-26)41-39(43-40)27-15-6-3-7-16-27)19-12-21-33(25)44-34-20-10-8-17-29(34)31-24-37-32(23-35(31)44)30-18-9-11-22-36(30)45-37/h2-25,28,38H,1H3,(H,41,42,43)/p+1. The van der Waals surface area contributed by atoms with Gasteiger partial charge in [0.15, 0.2) is 0 Å². The predicted molar refractivity (Wildman–Crippen MR) is 190 cm³/mol. The summed E-state index contributed by atoms with van der Waals surface area (Å²) in [5.74, 6) is 2.05. The lowest BCUT2D eigenvalue weighted by atomic mass is 9.85. The molecule has 1 aliphatic heterocycles.